The Balaban J connectivity index is 1.90. The Bertz CT molecular complexity index is 673. The second-order valence-corrected chi connectivity index (χ2v) is 5.32. The van der Waals surface area contributed by atoms with Crippen LogP contribution in [0.25, 0.3) is 16.1 Å². The monoisotopic (exact) mass is 287 g/mol. The third-order valence-corrected chi connectivity index (χ3v) is 3.92. The number of methoxy groups -OCH3 is 1. The van der Waals surface area contributed by atoms with Crippen LogP contribution in [0, 0.1) is 0 Å². The molecule has 0 fully saturated rings. The summed E-state index contributed by atoms with van der Waals surface area (Å²) in [6.07, 6.45) is 1.62. The van der Waals surface area contributed by atoms with E-state index in [9.17, 15) is 4.79 Å². The van der Waals surface area contributed by atoms with Gasteiger partial charge in [0.05, 0.1) is 18.4 Å². The number of nitrogens with zero attached hydrogens (tertiary/aromatic N) is 1. The van der Waals surface area contributed by atoms with Crippen LogP contribution in [-0.4, -0.2) is 24.2 Å². The molecule has 2 aromatic rings. The van der Waals surface area contributed by atoms with E-state index < -0.39 is 0 Å². The van der Waals surface area contributed by atoms with Crippen molar-refractivity contribution >= 4 is 22.9 Å². The van der Waals surface area contributed by atoms with Crippen molar-refractivity contribution in [2.75, 3.05) is 7.11 Å². The number of ether oxygens (including phenoxy) is 2. The molecule has 0 saturated heterocycles. The number of hydrogen-bond donors (Lipinski definition) is 0. The number of rotatable bonds is 3. The Hall–Kier alpha value is -2.14. The summed E-state index contributed by atoms with van der Waals surface area (Å²) in [5, 5.41) is 2.75. The smallest absolute Gasteiger partial charge is 0.340 e. The predicted molar refractivity (Wildman–Crippen MR) is 77.6 cm³/mol. The van der Waals surface area contributed by atoms with Crippen molar-refractivity contribution in [3.8, 4) is 16.3 Å². The van der Waals surface area contributed by atoms with E-state index in [0.717, 1.165) is 16.3 Å². The highest BCUT2D eigenvalue weighted by molar-refractivity contribution is 7.13. The number of esters is 1. The lowest BCUT2D eigenvalue weighted by Gasteiger charge is -2.00. The minimum absolute atomic E-state index is 0.177. The molecule has 1 aliphatic rings. The molecule has 102 valence electrons. The second-order valence-electron chi connectivity index (χ2n) is 4.46. The van der Waals surface area contributed by atoms with Crippen molar-refractivity contribution in [1.29, 1.82) is 0 Å². The van der Waals surface area contributed by atoms with Gasteiger partial charge in [0.2, 0.25) is 0 Å². The van der Waals surface area contributed by atoms with Gasteiger partial charge in [-0.25, -0.2) is 9.78 Å². The summed E-state index contributed by atoms with van der Waals surface area (Å²) in [5.41, 5.74) is 2.23. The van der Waals surface area contributed by atoms with Crippen LogP contribution in [0.15, 0.2) is 35.7 Å². The van der Waals surface area contributed by atoms with Crippen molar-refractivity contribution < 1.29 is 14.3 Å². The van der Waals surface area contributed by atoms with Crippen LogP contribution in [0.5, 0.6) is 5.75 Å². The standard InChI is InChI=1S/C15H13NO3S/c1-9-7-12(15(17)19-9)13-8-20-14(16-13)10-3-5-11(18-2)6-4-10/h3-9H,1-2H3. The molecule has 2 heterocycles. The molecule has 1 unspecified atom stereocenters. The molecule has 1 aliphatic heterocycles. The Morgan fingerprint density at radius 2 is 2.05 bits per heavy atom. The zero-order valence-electron chi connectivity index (χ0n) is 11.1. The number of carbonyl (C=O) groups is 1. The van der Waals surface area contributed by atoms with E-state index in [1.54, 1.807) is 13.2 Å². The van der Waals surface area contributed by atoms with Gasteiger partial charge in [-0.05, 0) is 37.3 Å². The third-order valence-electron chi connectivity index (χ3n) is 3.03. The average Bonchev–Trinajstić information content (AvgIpc) is 3.05. The molecule has 1 aromatic heterocycles. The molecule has 0 spiro atoms. The predicted octanol–water partition coefficient (Wildman–Crippen LogP) is 3.15. The summed E-state index contributed by atoms with van der Waals surface area (Å²) in [6.45, 7) is 1.83. The highest BCUT2D eigenvalue weighted by atomic mass is 32.1. The minimum Gasteiger partial charge on any atom is -0.497 e. The van der Waals surface area contributed by atoms with Crippen LogP contribution in [0.1, 0.15) is 12.6 Å². The fourth-order valence-electron chi connectivity index (χ4n) is 2.02. The SMILES string of the molecule is COc1ccc(-c2nc(C3=CC(C)OC3=O)cs2)cc1. The molecule has 0 bridgehead atoms. The minimum atomic E-state index is -0.302. The van der Waals surface area contributed by atoms with E-state index in [4.69, 9.17) is 9.47 Å². The summed E-state index contributed by atoms with van der Waals surface area (Å²) >= 11 is 1.51. The van der Waals surface area contributed by atoms with Crippen LogP contribution in [0.2, 0.25) is 0 Å². The lowest BCUT2D eigenvalue weighted by Crippen LogP contribution is -2.03. The van der Waals surface area contributed by atoms with E-state index in [2.05, 4.69) is 4.98 Å². The van der Waals surface area contributed by atoms with E-state index >= 15 is 0 Å². The van der Waals surface area contributed by atoms with Crippen molar-refractivity contribution in [3.63, 3.8) is 0 Å². The molecule has 0 aliphatic carbocycles. The van der Waals surface area contributed by atoms with Crippen molar-refractivity contribution in [2.24, 2.45) is 0 Å². The van der Waals surface area contributed by atoms with Crippen LogP contribution in [-0.2, 0) is 9.53 Å². The highest BCUT2D eigenvalue weighted by Gasteiger charge is 2.25. The van der Waals surface area contributed by atoms with Gasteiger partial charge >= 0.3 is 5.97 Å². The molecule has 1 aromatic carbocycles. The first-order valence-corrected chi connectivity index (χ1v) is 7.08. The summed E-state index contributed by atoms with van der Waals surface area (Å²) in [4.78, 5) is 16.2. The largest absolute Gasteiger partial charge is 0.497 e. The van der Waals surface area contributed by atoms with Crippen molar-refractivity contribution in [1.82, 2.24) is 4.98 Å². The van der Waals surface area contributed by atoms with Gasteiger partial charge in [0.1, 0.15) is 16.9 Å². The van der Waals surface area contributed by atoms with Gasteiger partial charge in [-0.15, -0.1) is 11.3 Å². The van der Waals surface area contributed by atoms with Crippen molar-refractivity contribution in [3.05, 3.63) is 41.4 Å². The summed E-state index contributed by atoms with van der Waals surface area (Å²) in [5.74, 6) is 0.505. The average molecular weight is 287 g/mol. The molecule has 0 saturated carbocycles. The number of cyclic esters (lactones) is 1. The molecular weight excluding hydrogens is 274 g/mol. The molecule has 3 rings (SSSR count). The van der Waals surface area contributed by atoms with Crippen LogP contribution in [0.4, 0.5) is 0 Å². The summed E-state index contributed by atoms with van der Waals surface area (Å²) in [7, 11) is 1.63. The molecule has 0 amide bonds. The number of aromatic nitrogens is 1. The number of benzene rings is 1. The highest BCUT2D eigenvalue weighted by Crippen LogP contribution is 2.30. The Morgan fingerprint density at radius 1 is 1.30 bits per heavy atom. The van der Waals surface area contributed by atoms with Gasteiger partial charge < -0.3 is 9.47 Å². The third kappa shape index (κ3) is 2.32. The lowest BCUT2D eigenvalue weighted by atomic mass is 10.2. The fourth-order valence-corrected chi connectivity index (χ4v) is 2.85. The van der Waals surface area contributed by atoms with Gasteiger partial charge in [0.25, 0.3) is 0 Å². The lowest BCUT2D eigenvalue weighted by molar-refractivity contribution is -0.137. The van der Waals surface area contributed by atoms with Crippen molar-refractivity contribution in [2.45, 2.75) is 13.0 Å². The first-order valence-electron chi connectivity index (χ1n) is 6.20. The Morgan fingerprint density at radius 3 is 2.65 bits per heavy atom. The Labute approximate surface area is 120 Å². The van der Waals surface area contributed by atoms with E-state index in [-0.39, 0.29) is 12.1 Å². The van der Waals surface area contributed by atoms with Crippen LogP contribution >= 0.6 is 11.3 Å². The van der Waals surface area contributed by atoms with Gasteiger partial charge in [-0.3, -0.25) is 0 Å². The van der Waals surface area contributed by atoms with E-state index in [1.165, 1.54) is 11.3 Å². The van der Waals surface area contributed by atoms with Gasteiger partial charge in [-0.2, -0.15) is 0 Å². The topological polar surface area (TPSA) is 48.4 Å². The molecule has 20 heavy (non-hydrogen) atoms. The maximum absolute atomic E-state index is 11.7. The van der Waals surface area contributed by atoms with Gasteiger partial charge in [-0.1, -0.05) is 0 Å². The normalized spacial score (nSPS) is 17.8. The second kappa shape index (κ2) is 5.09. The molecule has 5 heteroatoms. The molecular formula is C15H13NO3S. The van der Waals surface area contributed by atoms with Crippen LogP contribution < -0.4 is 4.74 Å². The number of thiazole rings is 1. The Kier molecular flexibility index (Phi) is 3.28. The summed E-state index contributed by atoms with van der Waals surface area (Å²) < 4.78 is 10.2. The maximum Gasteiger partial charge on any atom is 0.340 e. The first kappa shape index (κ1) is 12.9. The number of carbonyl (C=O) groups excluding carboxylic acids is 1. The zero-order chi connectivity index (χ0) is 14.1. The van der Waals surface area contributed by atoms with E-state index in [1.807, 2.05) is 36.6 Å². The zero-order valence-corrected chi connectivity index (χ0v) is 11.9. The van der Waals surface area contributed by atoms with Gasteiger partial charge in [0, 0.05) is 10.9 Å². The van der Waals surface area contributed by atoms with E-state index in [0.29, 0.717) is 11.3 Å². The molecule has 0 N–H and O–H groups in total. The fraction of sp³-hybridized carbons (Fsp3) is 0.200. The van der Waals surface area contributed by atoms with Gasteiger partial charge in [0.15, 0.2) is 0 Å². The summed E-state index contributed by atoms with van der Waals surface area (Å²) in [6, 6.07) is 7.68. The molecule has 0 radical (unpaired) electrons. The number of hydrogen-bond acceptors (Lipinski definition) is 5. The first-order chi connectivity index (χ1) is 9.67. The maximum atomic E-state index is 11.7. The molecule has 4 nitrogen and oxygen atoms in total. The van der Waals surface area contributed by atoms with Crippen LogP contribution in [0.3, 0.4) is 0 Å². The molecule has 1 atom stereocenters. The quantitative estimate of drug-likeness (QED) is 0.814.